The van der Waals surface area contributed by atoms with E-state index in [0.717, 1.165) is 29.7 Å². The van der Waals surface area contributed by atoms with Gasteiger partial charge in [0.1, 0.15) is 12.4 Å². The highest BCUT2D eigenvalue weighted by atomic mass is 16.6. The Hall–Kier alpha value is -3.02. The summed E-state index contributed by atoms with van der Waals surface area (Å²) in [5.74, 6) is 0.901. The summed E-state index contributed by atoms with van der Waals surface area (Å²) in [4.78, 5) is 26.1. The maximum atomic E-state index is 12.2. The zero-order chi connectivity index (χ0) is 21.2. The van der Waals surface area contributed by atoms with Crippen molar-refractivity contribution in [2.45, 2.75) is 45.3 Å². The number of nitrogens with zero attached hydrogens (tertiary/aromatic N) is 1. The highest BCUT2D eigenvalue weighted by molar-refractivity contribution is 5.76. The Morgan fingerprint density at radius 1 is 1.03 bits per heavy atom. The van der Waals surface area contributed by atoms with Gasteiger partial charge in [-0.05, 0) is 43.4 Å². The molecule has 0 unspecified atom stereocenters. The van der Waals surface area contributed by atoms with Gasteiger partial charge in [0, 0.05) is 25.6 Å². The summed E-state index contributed by atoms with van der Waals surface area (Å²) in [6.07, 6.45) is 2.30. The predicted octanol–water partition coefficient (Wildman–Crippen LogP) is 4.07. The van der Waals surface area contributed by atoms with Crippen LogP contribution in [-0.4, -0.2) is 42.6 Å². The molecule has 1 fully saturated rings. The summed E-state index contributed by atoms with van der Waals surface area (Å²) in [6.45, 7) is 3.99. The second-order valence-electron chi connectivity index (χ2n) is 7.59. The van der Waals surface area contributed by atoms with Crippen LogP contribution >= 0.6 is 0 Å². The number of likely N-dealkylation sites (tertiary alicyclic amines) is 1. The summed E-state index contributed by atoms with van der Waals surface area (Å²) >= 11 is 0. The Morgan fingerprint density at radius 3 is 2.47 bits per heavy atom. The van der Waals surface area contributed by atoms with Crippen LogP contribution < -0.4 is 10.1 Å². The minimum absolute atomic E-state index is 0.0356. The largest absolute Gasteiger partial charge is 0.493 e. The van der Waals surface area contributed by atoms with Gasteiger partial charge in [0.05, 0.1) is 6.61 Å². The van der Waals surface area contributed by atoms with Crippen molar-refractivity contribution in [1.29, 1.82) is 0 Å². The highest BCUT2D eigenvalue weighted by Gasteiger charge is 2.24. The normalized spacial score (nSPS) is 14.2. The van der Waals surface area contributed by atoms with Crippen molar-refractivity contribution in [2.24, 2.45) is 0 Å². The molecule has 2 amide bonds. The SMILES string of the molecule is Cc1ccccc1OCCCC(=O)NC1CCN(C(=O)OCc2ccccc2)CC1. The Bertz CT molecular complexity index is 817. The average Bonchev–Trinajstić information content (AvgIpc) is 2.77. The molecule has 1 aliphatic heterocycles. The maximum absolute atomic E-state index is 12.2. The van der Waals surface area contributed by atoms with E-state index in [1.807, 2.05) is 61.5 Å². The topological polar surface area (TPSA) is 67.9 Å². The number of carbonyl (C=O) groups excluding carboxylic acids is 2. The molecule has 1 heterocycles. The van der Waals surface area contributed by atoms with Crippen LogP contribution in [0.2, 0.25) is 0 Å². The quantitative estimate of drug-likeness (QED) is 0.666. The highest BCUT2D eigenvalue weighted by Crippen LogP contribution is 2.17. The zero-order valence-corrected chi connectivity index (χ0v) is 17.5. The molecule has 160 valence electrons. The predicted molar refractivity (Wildman–Crippen MR) is 115 cm³/mol. The Labute approximate surface area is 178 Å². The van der Waals surface area contributed by atoms with Crippen molar-refractivity contribution < 1.29 is 19.1 Å². The monoisotopic (exact) mass is 410 g/mol. The van der Waals surface area contributed by atoms with Gasteiger partial charge in [0.15, 0.2) is 0 Å². The van der Waals surface area contributed by atoms with Crippen LogP contribution in [-0.2, 0) is 16.1 Å². The summed E-state index contributed by atoms with van der Waals surface area (Å²) in [6, 6.07) is 17.6. The van der Waals surface area contributed by atoms with Crippen molar-refractivity contribution in [2.75, 3.05) is 19.7 Å². The Kier molecular flexibility index (Phi) is 8.12. The van der Waals surface area contributed by atoms with Crippen LogP contribution in [0.15, 0.2) is 54.6 Å². The van der Waals surface area contributed by atoms with Crippen molar-refractivity contribution >= 4 is 12.0 Å². The maximum Gasteiger partial charge on any atom is 0.410 e. The van der Waals surface area contributed by atoms with Crippen LogP contribution in [0.4, 0.5) is 4.79 Å². The Balaban J connectivity index is 1.29. The molecular formula is C24H30N2O4. The molecule has 30 heavy (non-hydrogen) atoms. The molecule has 0 bridgehead atoms. The fourth-order valence-corrected chi connectivity index (χ4v) is 3.45. The van der Waals surface area contributed by atoms with Crippen molar-refractivity contribution in [3.63, 3.8) is 0 Å². The number of amides is 2. The molecule has 0 radical (unpaired) electrons. The fourth-order valence-electron chi connectivity index (χ4n) is 3.45. The second-order valence-corrected chi connectivity index (χ2v) is 7.59. The molecule has 0 aliphatic carbocycles. The molecule has 6 heteroatoms. The first-order chi connectivity index (χ1) is 14.6. The van der Waals surface area contributed by atoms with E-state index in [4.69, 9.17) is 9.47 Å². The minimum atomic E-state index is -0.294. The molecule has 0 spiro atoms. The second kappa shape index (κ2) is 11.2. The summed E-state index contributed by atoms with van der Waals surface area (Å²) in [5.41, 5.74) is 2.07. The number of hydrogen-bond donors (Lipinski definition) is 1. The lowest BCUT2D eigenvalue weighted by atomic mass is 10.1. The molecule has 0 atom stereocenters. The number of carbonyl (C=O) groups is 2. The molecule has 1 aliphatic rings. The van der Waals surface area contributed by atoms with E-state index in [2.05, 4.69) is 5.32 Å². The fraction of sp³-hybridized carbons (Fsp3) is 0.417. The summed E-state index contributed by atoms with van der Waals surface area (Å²) < 4.78 is 11.1. The van der Waals surface area contributed by atoms with Gasteiger partial charge in [-0.1, -0.05) is 48.5 Å². The first kappa shape index (κ1) is 21.7. The zero-order valence-electron chi connectivity index (χ0n) is 17.5. The first-order valence-corrected chi connectivity index (χ1v) is 10.6. The molecule has 1 N–H and O–H groups in total. The number of rotatable bonds is 8. The molecule has 1 saturated heterocycles. The number of para-hydroxylation sites is 1. The van der Waals surface area contributed by atoms with Crippen LogP contribution in [0.1, 0.15) is 36.8 Å². The van der Waals surface area contributed by atoms with Gasteiger partial charge in [-0.15, -0.1) is 0 Å². The third-order valence-corrected chi connectivity index (χ3v) is 5.22. The number of piperidine rings is 1. The van der Waals surface area contributed by atoms with Crippen LogP contribution in [0, 0.1) is 6.92 Å². The summed E-state index contributed by atoms with van der Waals surface area (Å²) in [5, 5.41) is 3.07. The number of aryl methyl sites for hydroxylation is 1. The molecular weight excluding hydrogens is 380 g/mol. The minimum Gasteiger partial charge on any atom is -0.493 e. The lowest BCUT2D eigenvalue weighted by molar-refractivity contribution is -0.122. The Morgan fingerprint density at radius 2 is 1.73 bits per heavy atom. The molecule has 2 aromatic carbocycles. The molecule has 0 aromatic heterocycles. The smallest absolute Gasteiger partial charge is 0.410 e. The number of hydrogen-bond acceptors (Lipinski definition) is 4. The van der Waals surface area contributed by atoms with Crippen LogP contribution in [0.3, 0.4) is 0 Å². The van der Waals surface area contributed by atoms with Gasteiger partial charge in [-0.3, -0.25) is 4.79 Å². The van der Waals surface area contributed by atoms with E-state index in [1.54, 1.807) is 4.90 Å². The molecule has 3 rings (SSSR count). The third kappa shape index (κ3) is 6.79. The van der Waals surface area contributed by atoms with Gasteiger partial charge in [-0.2, -0.15) is 0 Å². The lowest BCUT2D eigenvalue weighted by Gasteiger charge is -2.31. The van der Waals surface area contributed by atoms with Gasteiger partial charge in [0.2, 0.25) is 5.91 Å². The number of benzene rings is 2. The van der Waals surface area contributed by atoms with Crippen LogP contribution in [0.25, 0.3) is 0 Å². The molecule has 0 saturated carbocycles. The van der Waals surface area contributed by atoms with E-state index >= 15 is 0 Å². The standard InChI is InChI=1S/C24H30N2O4/c1-19-8-5-6-11-22(19)29-17-7-12-23(27)25-21-13-15-26(16-14-21)24(28)30-18-20-9-3-2-4-10-20/h2-6,8-11,21H,7,12-18H2,1H3,(H,25,27). The number of nitrogens with one attached hydrogen (secondary N) is 1. The summed E-state index contributed by atoms with van der Waals surface area (Å²) in [7, 11) is 0. The van der Waals surface area contributed by atoms with Gasteiger partial charge in [-0.25, -0.2) is 4.79 Å². The van der Waals surface area contributed by atoms with E-state index in [1.165, 1.54) is 0 Å². The van der Waals surface area contributed by atoms with Crippen molar-refractivity contribution in [3.05, 3.63) is 65.7 Å². The van der Waals surface area contributed by atoms with E-state index in [0.29, 0.717) is 32.5 Å². The first-order valence-electron chi connectivity index (χ1n) is 10.6. The van der Waals surface area contributed by atoms with Gasteiger partial charge in [0.25, 0.3) is 0 Å². The average molecular weight is 411 g/mol. The third-order valence-electron chi connectivity index (χ3n) is 5.22. The molecule has 6 nitrogen and oxygen atoms in total. The van der Waals surface area contributed by atoms with E-state index < -0.39 is 0 Å². The number of ether oxygens (including phenoxy) is 2. The van der Waals surface area contributed by atoms with Crippen molar-refractivity contribution in [3.8, 4) is 5.75 Å². The van der Waals surface area contributed by atoms with E-state index in [-0.39, 0.29) is 24.6 Å². The lowest BCUT2D eigenvalue weighted by Crippen LogP contribution is -2.46. The van der Waals surface area contributed by atoms with Crippen molar-refractivity contribution in [1.82, 2.24) is 10.2 Å². The van der Waals surface area contributed by atoms with E-state index in [9.17, 15) is 9.59 Å². The van der Waals surface area contributed by atoms with Crippen LogP contribution in [0.5, 0.6) is 5.75 Å². The van der Waals surface area contributed by atoms with Gasteiger partial charge >= 0.3 is 6.09 Å². The van der Waals surface area contributed by atoms with Gasteiger partial charge < -0.3 is 19.7 Å². The molecule has 2 aromatic rings.